The van der Waals surface area contributed by atoms with Gasteiger partial charge in [0.05, 0.1) is 13.0 Å². The first-order valence-electron chi connectivity index (χ1n) is 5.16. The van der Waals surface area contributed by atoms with Gasteiger partial charge in [-0.3, -0.25) is 4.79 Å². The summed E-state index contributed by atoms with van der Waals surface area (Å²) in [5, 5.41) is 0. The van der Waals surface area contributed by atoms with E-state index < -0.39 is 0 Å². The number of hydrogen-bond donors (Lipinski definition) is 1. The largest absolute Gasteiger partial charge is 0.469 e. The number of carbonyl (C=O) groups excluding carboxylic acids is 1. The summed E-state index contributed by atoms with van der Waals surface area (Å²) in [6.07, 6.45) is 2.50. The van der Waals surface area contributed by atoms with Gasteiger partial charge in [-0.15, -0.1) is 0 Å². The molecule has 0 spiro atoms. The van der Waals surface area contributed by atoms with Crippen molar-refractivity contribution < 1.29 is 9.53 Å². The van der Waals surface area contributed by atoms with E-state index in [1.807, 2.05) is 12.1 Å². The average Bonchev–Trinajstić information content (AvgIpc) is 2.28. The zero-order valence-corrected chi connectivity index (χ0v) is 8.82. The van der Waals surface area contributed by atoms with Gasteiger partial charge in [0.15, 0.2) is 0 Å². The Balaban J connectivity index is 2.26. The van der Waals surface area contributed by atoms with Gasteiger partial charge in [0.1, 0.15) is 0 Å². The van der Waals surface area contributed by atoms with E-state index in [1.165, 1.54) is 12.7 Å². The molecular weight excluding hydrogens is 190 g/mol. The zero-order valence-electron chi connectivity index (χ0n) is 8.82. The summed E-state index contributed by atoms with van der Waals surface area (Å²) in [6.45, 7) is 0. The highest BCUT2D eigenvalue weighted by atomic mass is 16.5. The molecule has 1 atom stereocenters. The fourth-order valence-corrected chi connectivity index (χ4v) is 2.18. The van der Waals surface area contributed by atoms with Crippen molar-refractivity contribution in [1.82, 2.24) is 0 Å². The molecule has 0 aliphatic heterocycles. The van der Waals surface area contributed by atoms with Crippen molar-refractivity contribution >= 4 is 11.7 Å². The fourth-order valence-electron chi connectivity index (χ4n) is 2.18. The molecule has 1 aromatic rings. The second-order valence-corrected chi connectivity index (χ2v) is 3.95. The number of anilines is 1. The molecule has 0 saturated carbocycles. The molecule has 0 amide bonds. The second-order valence-electron chi connectivity index (χ2n) is 3.95. The summed E-state index contributed by atoms with van der Waals surface area (Å²) in [4.78, 5) is 11.4. The molecule has 1 aliphatic rings. The van der Waals surface area contributed by atoms with Gasteiger partial charge in [-0.05, 0) is 36.5 Å². The zero-order chi connectivity index (χ0) is 10.8. The third kappa shape index (κ3) is 1.82. The molecule has 0 fully saturated rings. The fraction of sp³-hybridized carbons (Fsp3) is 0.417. The lowest BCUT2D eigenvalue weighted by atomic mass is 9.83. The highest BCUT2D eigenvalue weighted by Crippen LogP contribution is 2.29. The summed E-state index contributed by atoms with van der Waals surface area (Å²) in [7, 11) is 1.44. The highest BCUT2D eigenvalue weighted by molar-refractivity contribution is 5.74. The Bertz CT molecular complexity index is 387. The minimum Gasteiger partial charge on any atom is -0.469 e. The molecule has 2 N–H and O–H groups in total. The number of benzene rings is 1. The van der Waals surface area contributed by atoms with Crippen molar-refractivity contribution in [3.63, 3.8) is 0 Å². The third-order valence-corrected chi connectivity index (χ3v) is 3.06. The number of nitrogen functional groups attached to an aromatic ring is 1. The standard InChI is InChI=1S/C12H15NO2/c1-15-12(14)9-6-5-8-3-2-4-11(13)10(8)7-9/h2-4,9H,5-7,13H2,1H3. The maximum Gasteiger partial charge on any atom is 0.309 e. The van der Waals surface area contributed by atoms with Crippen LogP contribution in [0.3, 0.4) is 0 Å². The number of fused-ring (bicyclic) bond motifs is 1. The van der Waals surface area contributed by atoms with E-state index in [4.69, 9.17) is 10.5 Å². The van der Waals surface area contributed by atoms with Crippen LogP contribution in [-0.4, -0.2) is 13.1 Å². The number of nitrogens with two attached hydrogens (primary N) is 1. The van der Waals surface area contributed by atoms with E-state index in [9.17, 15) is 4.79 Å². The van der Waals surface area contributed by atoms with Gasteiger partial charge >= 0.3 is 5.97 Å². The summed E-state index contributed by atoms with van der Waals surface area (Å²) < 4.78 is 4.76. The van der Waals surface area contributed by atoms with E-state index >= 15 is 0 Å². The number of hydrogen-bond acceptors (Lipinski definition) is 3. The predicted molar refractivity (Wildman–Crippen MR) is 58.4 cm³/mol. The average molecular weight is 205 g/mol. The molecule has 3 nitrogen and oxygen atoms in total. The first-order valence-corrected chi connectivity index (χ1v) is 5.16. The summed E-state index contributed by atoms with van der Waals surface area (Å²) in [5.74, 6) is -0.142. The van der Waals surface area contributed by atoms with Crippen LogP contribution in [0.4, 0.5) is 5.69 Å². The Morgan fingerprint density at radius 3 is 3.07 bits per heavy atom. The number of carbonyl (C=O) groups is 1. The number of aryl methyl sites for hydroxylation is 1. The van der Waals surface area contributed by atoms with Crippen LogP contribution < -0.4 is 5.73 Å². The van der Waals surface area contributed by atoms with Crippen LogP contribution in [0.5, 0.6) is 0 Å². The SMILES string of the molecule is COC(=O)C1CCc2cccc(N)c2C1. The molecule has 15 heavy (non-hydrogen) atoms. The van der Waals surface area contributed by atoms with Gasteiger partial charge in [-0.1, -0.05) is 12.1 Å². The first-order chi connectivity index (χ1) is 7.22. The monoisotopic (exact) mass is 205 g/mol. The van der Waals surface area contributed by atoms with Crippen molar-refractivity contribution in [2.75, 3.05) is 12.8 Å². The Labute approximate surface area is 89.2 Å². The van der Waals surface area contributed by atoms with Crippen molar-refractivity contribution in [1.29, 1.82) is 0 Å². The second kappa shape index (κ2) is 3.93. The lowest BCUT2D eigenvalue weighted by Gasteiger charge is -2.23. The van der Waals surface area contributed by atoms with E-state index in [1.54, 1.807) is 0 Å². The smallest absolute Gasteiger partial charge is 0.309 e. The Hall–Kier alpha value is -1.51. The van der Waals surface area contributed by atoms with Crippen LogP contribution in [0.2, 0.25) is 0 Å². The maximum absolute atomic E-state index is 11.4. The quantitative estimate of drug-likeness (QED) is 0.559. The summed E-state index contributed by atoms with van der Waals surface area (Å²) in [5.41, 5.74) is 9.08. The Morgan fingerprint density at radius 2 is 2.33 bits per heavy atom. The molecule has 2 rings (SSSR count). The van der Waals surface area contributed by atoms with Crippen LogP contribution in [0.25, 0.3) is 0 Å². The highest BCUT2D eigenvalue weighted by Gasteiger charge is 2.26. The predicted octanol–water partition coefficient (Wildman–Crippen LogP) is 1.55. The Morgan fingerprint density at radius 1 is 1.53 bits per heavy atom. The molecule has 1 aromatic carbocycles. The van der Waals surface area contributed by atoms with E-state index in [2.05, 4.69) is 6.07 Å². The molecule has 1 aliphatic carbocycles. The van der Waals surface area contributed by atoms with Crippen LogP contribution in [-0.2, 0) is 22.4 Å². The van der Waals surface area contributed by atoms with Crippen molar-refractivity contribution in [2.45, 2.75) is 19.3 Å². The van der Waals surface area contributed by atoms with Crippen molar-refractivity contribution in [2.24, 2.45) is 5.92 Å². The van der Waals surface area contributed by atoms with Crippen molar-refractivity contribution in [3.05, 3.63) is 29.3 Å². The molecular formula is C12H15NO2. The minimum atomic E-state index is -0.121. The number of methoxy groups -OCH3 is 1. The maximum atomic E-state index is 11.4. The molecule has 0 radical (unpaired) electrons. The van der Waals surface area contributed by atoms with Crippen LogP contribution in [0.1, 0.15) is 17.5 Å². The molecule has 80 valence electrons. The van der Waals surface area contributed by atoms with Crippen LogP contribution in [0, 0.1) is 5.92 Å². The van der Waals surface area contributed by atoms with E-state index in [-0.39, 0.29) is 11.9 Å². The molecule has 0 heterocycles. The minimum absolute atomic E-state index is 0.0211. The van der Waals surface area contributed by atoms with E-state index in [0.29, 0.717) is 6.42 Å². The van der Waals surface area contributed by atoms with Gasteiger partial charge in [0, 0.05) is 5.69 Å². The third-order valence-electron chi connectivity index (χ3n) is 3.06. The number of rotatable bonds is 1. The van der Waals surface area contributed by atoms with Crippen molar-refractivity contribution in [3.8, 4) is 0 Å². The van der Waals surface area contributed by atoms with Gasteiger partial charge < -0.3 is 10.5 Å². The lowest BCUT2D eigenvalue weighted by molar-refractivity contribution is -0.145. The van der Waals surface area contributed by atoms with Gasteiger partial charge in [-0.25, -0.2) is 0 Å². The summed E-state index contributed by atoms with van der Waals surface area (Å²) >= 11 is 0. The van der Waals surface area contributed by atoms with Crippen LogP contribution in [0.15, 0.2) is 18.2 Å². The van der Waals surface area contributed by atoms with Gasteiger partial charge in [-0.2, -0.15) is 0 Å². The molecule has 0 aromatic heterocycles. The lowest BCUT2D eigenvalue weighted by Crippen LogP contribution is -2.24. The van der Waals surface area contributed by atoms with Gasteiger partial charge in [0.25, 0.3) is 0 Å². The summed E-state index contributed by atoms with van der Waals surface area (Å²) in [6, 6.07) is 5.93. The first kappa shape index (κ1) is 10.0. The van der Waals surface area contributed by atoms with E-state index in [0.717, 1.165) is 24.1 Å². The molecule has 0 bridgehead atoms. The molecule has 1 unspecified atom stereocenters. The topological polar surface area (TPSA) is 52.3 Å². The molecule has 0 saturated heterocycles. The van der Waals surface area contributed by atoms with Crippen LogP contribution >= 0.6 is 0 Å². The number of ether oxygens (including phenoxy) is 1. The molecule has 3 heteroatoms. The number of esters is 1. The normalized spacial score (nSPS) is 19.4. The van der Waals surface area contributed by atoms with Gasteiger partial charge in [0.2, 0.25) is 0 Å². The Kier molecular flexibility index (Phi) is 2.62.